The quantitative estimate of drug-likeness (QED) is 0.592. The van der Waals surface area contributed by atoms with Crippen LogP contribution in [0.2, 0.25) is 10.0 Å². The summed E-state index contributed by atoms with van der Waals surface area (Å²) in [5.74, 6) is -0.408. The van der Waals surface area contributed by atoms with E-state index in [-0.39, 0.29) is 24.0 Å². The van der Waals surface area contributed by atoms with Crippen molar-refractivity contribution in [3.05, 3.63) is 68.2 Å². The van der Waals surface area contributed by atoms with Crippen LogP contribution in [0.25, 0.3) is 0 Å². The highest BCUT2D eigenvalue weighted by Gasteiger charge is 2.16. The Labute approximate surface area is 148 Å². The first-order chi connectivity index (χ1) is 11.4. The van der Waals surface area contributed by atoms with Crippen LogP contribution in [0.15, 0.2) is 42.5 Å². The van der Waals surface area contributed by atoms with Gasteiger partial charge in [0, 0.05) is 22.2 Å². The minimum atomic E-state index is -0.575. The number of carbonyl (C=O) groups excluding carboxylic acids is 1. The zero-order chi connectivity index (χ0) is 17.7. The molecule has 126 valence electrons. The number of nitrogens with zero attached hydrogens (tertiary/aromatic N) is 1. The van der Waals surface area contributed by atoms with Gasteiger partial charge < -0.3 is 10.6 Å². The summed E-state index contributed by atoms with van der Waals surface area (Å²) in [5.41, 5.74) is 0.786. The van der Waals surface area contributed by atoms with Crippen LogP contribution in [0.5, 0.6) is 0 Å². The summed E-state index contributed by atoms with van der Waals surface area (Å²) in [6.45, 7) is 1.87. The van der Waals surface area contributed by atoms with Gasteiger partial charge in [-0.05, 0) is 36.8 Å². The fourth-order valence-electron chi connectivity index (χ4n) is 2.10. The van der Waals surface area contributed by atoms with E-state index in [2.05, 4.69) is 10.6 Å². The molecule has 8 heteroatoms. The number of halogens is 2. The summed E-state index contributed by atoms with van der Waals surface area (Å²) >= 11 is 11.8. The number of nitro groups is 1. The molecule has 0 saturated carbocycles. The number of hydrogen-bond donors (Lipinski definition) is 2. The van der Waals surface area contributed by atoms with Gasteiger partial charge in [-0.3, -0.25) is 14.9 Å². The zero-order valence-corrected chi connectivity index (χ0v) is 14.3. The van der Waals surface area contributed by atoms with Crippen molar-refractivity contribution in [3.8, 4) is 0 Å². The number of nitrogens with one attached hydrogen (secondary N) is 2. The molecule has 0 bridgehead atoms. The molecule has 2 N–H and O–H groups in total. The maximum absolute atomic E-state index is 12.0. The smallest absolute Gasteiger partial charge is 0.292 e. The highest BCUT2D eigenvalue weighted by atomic mass is 35.5. The third kappa shape index (κ3) is 4.92. The third-order valence-corrected chi connectivity index (χ3v) is 3.82. The molecule has 0 fully saturated rings. The molecule has 6 nitrogen and oxygen atoms in total. The van der Waals surface area contributed by atoms with Crippen LogP contribution in [0.3, 0.4) is 0 Å². The number of anilines is 1. The second-order valence-corrected chi connectivity index (χ2v) is 6.00. The van der Waals surface area contributed by atoms with Gasteiger partial charge in [0.15, 0.2) is 0 Å². The van der Waals surface area contributed by atoms with Gasteiger partial charge in [-0.2, -0.15) is 0 Å². The van der Waals surface area contributed by atoms with Gasteiger partial charge in [0.1, 0.15) is 5.69 Å². The van der Waals surface area contributed by atoms with Crippen molar-refractivity contribution in [2.75, 3.05) is 11.9 Å². The van der Waals surface area contributed by atoms with Crippen LogP contribution >= 0.6 is 23.2 Å². The van der Waals surface area contributed by atoms with Crippen LogP contribution in [-0.4, -0.2) is 17.4 Å². The van der Waals surface area contributed by atoms with Gasteiger partial charge in [-0.25, -0.2) is 0 Å². The van der Waals surface area contributed by atoms with Crippen LogP contribution in [0.1, 0.15) is 18.5 Å². The predicted molar refractivity (Wildman–Crippen MR) is 94.6 cm³/mol. The van der Waals surface area contributed by atoms with Crippen molar-refractivity contribution in [2.24, 2.45) is 0 Å². The van der Waals surface area contributed by atoms with Crippen molar-refractivity contribution in [2.45, 2.75) is 13.0 Å². The molecule has 24 heavy (non-hydrogen) atoms. The maximum atomic E-state index is 12.0. The first-order valence-corrected chi connectivity index (χ1v) is 7.85. The number of benzene rings is 2. The molecule has 0 aliphatic heterocycles. The van der Waals surface area contributed by atoms with Crippen molar-refractivity contribution in [1.29, 1.82) is 0 Å². The predicted octanol–water partition coefficient (Wildman–Crippen LogP) is 4.19. The molecular weight excluding hydrogens is 353 g/mol. The number of amides is 1. The number of hydrogen-bond acceptors (Lipinski definition) is 4. The number of carbonyl (C=O) groups is 1. The van der Waals surface area contributed by atoms with E-state index in [1.54, 1.807) is 12.1 Å². The Hall–Kier alpha value is -2.15. The molecule has 0 heterocycles. The van der Waals surface area contributed by atoms with Gasteiger partial charge >= 0.3 is 0 Å². The lowest BCUT2D eigenvalue weighted by Crippen LogP contribution is -2.30. The first-order valence-electron chi connectivity index (χ1n) is 7.09. The molecule has 1 atom stereocenters. The molecule has 0 aliphatic carbocycles. The standard InChI is InChI=1S/C16H15Cl2N3O3/c1-10(11-3-2-4-12(17)7-11)19-9-16(22)20-14-8-13(18)5-6-15(14)21(23)24/h2-8,10,19H,9H2,1H3,(H,20,22)/t10-/m0/s1. The van der Waals surface area contributed by atoms with Crippen LogP contribution < -0.4 is 10.6 Å². The highest BCUT2D eigenvalue weighted by Crippen LogP contribution is 2.27. The van der Waals surface area contributed by atoms with Crippen molar-refractivity contribution >= 4 is 40.5 Å². The summed E-state index contributed by atoms with van der Waals surface area (Å²) in [6, 6.07) is 11.2. The Morgan fingerprint density at radius 2 is 1.92 bits per heavy atom. The van der Waals surface area contributed by atoms with E-state index in [9.17, 15) is 14.9 Å². The Kier molecular flexibility index (Phi) is 6.14. The first kappa shape index (κ1) is 18.2. The van der Waals surface area contributed by atoms with E-state index < -0.39 is 10.8 Å². The van der Waals surface area contributed by atoms with Crippen molar-refractivity contribution < 1.29 is 9.72 Å². The summed E-state index contributed by atoms with van der Waals surface area (Å²) in [7, 11) is 0. The van der Waals surface area contributed by atoms with Crippen LogP contribution in [0, 0.1) is 10.1 Å². The maximum Gasteiger partial charge on any atom is 0.292 e. The second kappa shape index (κ2) is 8.10. The normalized spacial score (nSPS) is 11.8. The van der Waals surface area contributed by atoms with E-state index >= 15 is 0 Å². The molecule has 0 spiro atoms. The molecular formula is C16H15Cl2N3O3. The Bertz CT molecular complexity index is 768. The van der Waals surface area contributed by atoms with Gasteiger partial charge in [-0.1, -0.05) is 35.3 Å². The Morgan fingerprint density at radius 1 is 1.21 bits per heavy atom. The number of rotatable bonds is 6. The fraction of sp³-hybridized carbons (Fsp3) is 0.188. The molecule has 0 aliphatic rings. The van der Waals surface area contributed by atoms with Crippen molar-refractivity contribution in [1.82, 2.24) is 5.32 Å². The van der Waals surface area contributed by atoms with Crippen molar-refractivity contribution in [3.63, 3.8) is 0 Å². The monoisotopic (exact) mass is 367 g/mol. The SMILES string of the molecule is C[C@H](NCC(=O)Nc1cc(Cl)ccc1[N+](=O)[O-])c1cccc(Cl)c1. The molecule has 1 amide bonds. The molecule has 0 unspecified atom stereocenters. The van der Waals surface area contributed by atoms with Crippen LogP contribution in [0.4, 0.5) is 11.4 Å². The highest BCUT2D eigenvalue weighted by molar-refractivity contribution is 6.31. The summed E-state index contributed by atoms with van der Waals surface area (Å²) in [4.78, 5) is 22.4. The van der Waals surface area contributed by atoms with E-state index in [1.807, 2.05) is 19.1 Å². The topological polar surface area (TPSA) is 84.3 Å². The fourth-order valence-corrected chi connectivity index (χ4v) is 2.47. The average molecular weight is 368 g/mol. The van der Waals surface area contributed by atoms with E-state index in [1.165, 1.54) is 18.2 Å². The lowest BCUT2D eigenvalue weighted by atomic mass is 10.1. The van der Waals surface area contributed by atoms with E-state index in [4.69, 9.17) is 23.2 Å². The Balaban J connectivity index is 1.99. The molecule has 0 aromatic heterocycles. The molecule has 2 rings (SSSR count). The lowest BCUT2D eigenvalue weighted by Gasteiger charge is -2.14. The summed E-state index contributed by atoms with van der Waals surface area (Å²) < 4.78 is 0. The Morgan fingerprint density at radius 3 is 2.58 bits per heavy atom. The van der Waals surface area contributed by atoms with E-state index in [0.29, 0.717) is 10.0 Å². The molecule has 2 aromatic rings. The number of nitro benzene ring substituents is 1. The minimum Gasteiger partial charge on any atom is -0.319 e. The summed E-state index contributed by atoms with van der Waals surface area (Å²) in [5, 5.41) is 17.4. The lowest BCUT2D eigenvalue weighted by molar-refractivity contribution is -0.383. The van der Waals surface area contributed by atoms with E-state index in [0.717, 1.165) is 5.56 Å². The van der Waals surface area contributed by atoms with Gasteiger partial charge in [0.25, 0.3) is 5.69 Å². The van der Waals surface area contributed by atoms with Gasteiger partial charge in [0.2, 0.25) is 5.91 Å². The zero-order valence-electron chi connectivity index (χ0n) is 12.8. The molecule has 0 radical (unpaired) electrons. The van der Waals surface area contributed by atoms with Gasteiger partial charge in [0.05, 0.1) is 11.5 Å². The molecule has 0 saturated heterocycles. The van der Waals surface area contributed by atoms with Crippen LogP contribution in [-0.2, 0) is 4.79 Å². The van der Waals surface area contributed by atoms with Gasteiger partial charge in [-0.15, -0.1) is 0 Å². The average Bonchev–Trinajstić information content (AvgIpc) is 2.52. The largest absolute Gasteiger partial charge is 0.319 e. The second-order valence-electron chi connectivity index (χ2n) is 5.12. The minimum absolute atomic E-state index is 0.0165. The molecule has 2 aromatic carbocycles. The third-order valence-electron chi connectivity index (χ3n) is 3.35. The summed E-state index contributed by atoms with van der Waals surface area (Å²) in [6.07, 6.45) is 0.